The molecule has 1 saturated heterocycles. The summed E-state index contributed by atoms with van der Waals surface area (Å²) < 4.78 is 0. The third-order valence-electron chi connectivity index (χ3n) is 2.85. The normalized spacial score (nSPS) is 31.1. The highest BCUT2D eigenvalue weighted by Gasteiger charge is 2.26. The summed E-state index contributed by atoms with van der Waals surface area (Å²) in [5, 5.41) is 2.04. The minimum atomic E-state index is -0.434. The van der Waals surface area contributed by atoms with Crippen molar-refractivity contribution in [2.75, 3.05) is 0 Å². The Kier molecular flexibility index (Phi) is 3.89. The van der Waals surface area contributed by atoms with Crippen molar-refractivity contribution in [3.8, 4) is 0 Å². The number of rotatable bonds is 2. The molecule has 3 atom stereocenters. The maximum atomic E-state index is 11.4. The first-order valence-corrected chi connectivity index (χ1v) is 5.36. The van der Waals surface area contributed by atoms with Crippen molar-refractivity contribution in [2.24, 2.45) is 5.73 Å². The molecule has 1 amide bonds. The molecule has 1 rings (SSSR count). The minimum absolute atomic E-state index is 0.0920. The van der Waals surface area contributed by atoms with Gasteiger partial charge in [0.2, 0.25) is 0 Å². The van der Waals surface area contributed by atoms with E-state index in [-0.39, 0.29) is 5.91 Å². The van der Waals surface area contributed by atoms with Crippen LogP contribution in [0.5, 0.6) is 0 Å². The quantitative estimate of drug-likeness (QED) is 0.685. The Labute approximate surface area is 85.8 Å². The molecule has 4 nitrogen and oxygen atoms in total. The molecular formula is C10H21N3O. The van der Waals surface area contributed by atoms with Gasteiger partial charge in [-0.2, -0.15) is 0 Å². The first-order valence-electron chi connectivity index (χ1n) is 5.36. The number of nitrogens with zero attached hydrogens (tertiary/aromatic N) is 1. The fraction of sp³-hybridized carbons (Fsp3) is 0.900. The van der Waals surface area contributed by atoms with E-state index in [1.54, 1.807) is 6.92 Å². The number of carbonyl (C=O) groups is 1. The molecule has 1 fully saturated rings. The second-order valence-corrected chi connectivity index (χ2v) is 4.30. The Balaban J connectivity index is 2.52. The van der Waals surface area contributed by atoms with Crippen LogP contribution in [0.2, 0.25) is 0 Å². The second kappa shape index (κ2) is 4.75. The molecule has 0 aromatic rings. The van der Waals surface area contributed by atoms with Crippen molar-refractivity contribution in [1.29, 1.82) is 0 Å². The van der Waals surface area contributed by atoms with Crippen LogP contribution in [0.25, 0.3) is 0 Å². The Morgan fingerprint density at radius 2 is 1.93 bits per heavy atom. The molecule has 2 unspecified atom stereocenters. The highest BCUT2D eigenvalue weighted by Crippen LogP contribution is 2.19. The molecule has 0 spiro atoms. The average molecular weight is 199 g/mol. The molecule has 3 N–H and O–H groups in total. The van der Waals surface area contributed by atoms with Gasteiger partial charge in [-0.05, 0) is 33.6 Å². The van der Waals surface area contributed by atoms with E-state index in [4.69, 9.17) is 5.73 Å². The summed E-state index contributed by atoms with van der Waals surface area (Å²) in [7, 11) is 0. The number of piperidine rings is 1. The van der Waals surface area contributed by atoms with Crippen molar-refractivity contribution < 1.29 is 4.79 Å². The van der Waals surface area contributed by atoms with Gasteiger partial charge in [0.15, 0.2) is 0 Å². The lowest BCUT2D eigenvalue weighted by Crippen LogP contribution is -2.57. The van der Waals surface area contributed by atoms with Gasteiger partial charge in [-0.15, -0.1) is 0 Å². The predicted molar refractivity (Wildman–Crippen MR) is 56.4 cm³/mol. The third-order valence-corrected chi connectivity index (χ3v) is 2.85. The van der Waals surface area contributed by atoms with Gasteiger partial charge in [0.25, 0.3) is 5.91 Å². The number of amides is 1. The number of hydrogen-bond donors (Lipinski definition) is 2. The number of carbonyl (C=O) groups excluding carboxylic acids is 1. The van der Waals surface area contributed by atoms with Gasteiger partial charge in [-0.1, -0.05) is 6.42 Å². The van der Waals surface area contributed by atoms with Crippen molar-refractivity contribution in [3.63, 3.8) is 0 Å². The zero-order valence-electron chi connectivity index (χ0n) is 9.29. The lowest BCUT2D eigenvalue weighted by atomic mass is 10.00. The molecule has 0 saturated carbocycles. The fourth-order valence-corrected chi connectivity index (χ4v) is 1.87. The van der Waals surface area contributed by atoms with Crippen molar-refractivity contribution >= 4 is 5.91 Å². The van der Waals surface area contributed by atoms with Crippen LogP contribution in [-0.4, -0.2) is 29.0 Å². The van der Waals surface area contributed by atoms with Gasteiger partial charge >= 0.3 is 0 Å². The first kappa shape index (κ1) is 11.5. The molecular weight excluding hydrogens is 178 g/mol. The standard InChI is InChI=1S/C10H21N3O/c1-7-5-4-6-8(2)13(7)12-10(14)9(3)11/h7-9H,4-6,11H2,1-3H3,(H,12,14)/t7?,8?,9-/m1/s1. The Morgan fingerprint density at radius 3 is 2.36 bits per heavy atom. The molecule has 1 heterocycles. The minimum Gasteiger partial charge on any atom is -0.320 e. The molecule has 0 radical (unpaired) electrons. The molecule has 0 aromatic carbocycles. The topological polar surface area (TPSA) is 58.4 Å². The summed E-state index contributed by atoms with van der Waals surface area (Å²) in [5.74, 6) is -0.0920. The Bertz CT molecular complexity index is 196. The summed E-state index contributed by atoms with van der Waals surface area (Å²) in [6.45, 7) is 5.98. The van der Waals surface area contributed by atoms with E-state index in [2.05, 4.69) is 19.3 Å². The molecule has 0 aromatic heterocycles. The van der Waals surface area contributed by atoms with Crippen LogP contribution < -0.4 is 11.2 Å². The average Bonchev–Trinajstić information content (AvgIpc) is 2.11. The van der Waals surface area contributed by atoms with E-state index in [1.807, 2.05) is 5.01 Å². The SMILES string of the molecule is CC1CCCC(C)N1NC(=O)[C@@H](C)N. The summed E-state index contributed by atoms with van der Waals surface area (Å²) in [4.78, 5) is 11.4. The lowest BCUT2D eigenvalue weighted by Gasteiger charge is -2.39. The molecule has 4 heteroatoms. The van der Waals surface area contributed by atoms with E-state index in [9.17, 15) is 4.79 Å². The van der Waals surface area contributed by atoms with E-state index < -0.39 is 6.04 Å². The van der Waals surface area contributed by atoms with Crippen LogP contribution in [-0.2, 0) is 4.79 Å². The van der Waals surface area contributed by atoms with Gasteiger partial charge in [-0.3, -0.25) is 10.2 Å². The Morgan fingerprint density at radius 1 is 1.43 bits per heavy atom. The summed E-state index contributed by atoms with van der Waals surface area (Å²) in [5.41, 5.74) is 8.39. The largest absolute Gasteiger partial charge is 0.320 e. The van der Waals surface area contributed by atoms with Crippen LogP contribution in [0.3, 0.4) is 0 Å². The van der Waals surface area contributed by atoms with E-state index >= 15 is 0 Å². The van der Waals surface area contributed by atoms with Crippen LogP contribution >= 0.6 is 0 Å². The summed E-state index contributed by atoms with van der Waals surface area (Å²) in [6.07, 6.45) is 3.53. The number of nitrogens with two attached hydrogens (primary N) is 1. The zero-order chi connectivity index (χ0) is 10.7. The number of hydrazine groups is 1. The maximum absolute atomic E-state index is 11.4. The molecule has 1 aliphatic heterocycles. The monoisotopic (exact) mass is 199 g/mol. The molecule has 0 aliphatic carbocycles. The smallest absolute Gasteiger partial charge is 0.250 e. The predicted octanol–water partition coefficient (Wildman–Crippen LogP) is 0.628. The number of nitrogens with one attached hydrogen (secondary N) is 1. The highest BCUT2D eigenvalue weighted by atomic mass is 16.2. The number of hydrogen-bond acceptors (Lipinski definition) is 3. The third kappa shape index (κ3) is 2.69. The summed E-state index contributed by atoms with van der Waals surface area (Å²) >= 11 is 0. The molecule has 0 bridgehead atoms. The second-order valence-electron chi connectivity index (χ2n) is 4.30. The highest BCUT2D eigenvalue weighted by molar-refractivity contribution is 5.80. The zero-order valence-corrected chi connectivity index (χ0v) is 9.29. The fourth-order valence-electron chi connectivity index (χ4n) is 1.87. The van der Waals surface area contributed by atoms with Crippen LogP contribution in [0, 0.1) is 0 Å². The van der Waals surface area contributed by atoms with Crippen LogP contribution in [0.4, 0.5) is 0 Å². The molecule has 1 aliphatic rings. The van der Waals surface area contributed by atoms with Gasteiger partial charge in [0.1, 0.15) is 0 Å². The van der Waals surface area contributed by atoms with Crippen molar-refractivity contribution in [1.82, 2.24) is 10.4 Å². The summed E-state index contributed by atoms with van der Waals surface area (Å²) in [6, 6.07) is 0.402. The van der Waals surface area contributed by atoms with E-state index in [0.29, 0.717) is 12.1 Å². The van der Waals surface area contributed by atoms with Crippen molar-refractivity contribution in [3.05, 3.63) is 0 Å². The van der Waals surface area contributed by atoms with E-state index in [1.165, 1.54) is 6.42 Å². The van der Waals surface area contributed by atoms with Gasteiger partial charge in [-0.25, -0.2) is 5.01 Å². The van der Waals surface area contributed by atoms with Crippen LogP contribution in [0.1, 0.15) is 40.0 Å². The van der Waals surface area contributed by atoms with Gasteiger partial charge in [0, 0.05) is 12.1 Å². The molecule has 82 valence electrons. The maximum Gasteiger partial charge on any atom is 0.250 e. The van der Waals surface area contributed by atoms with E-state index in [0.717, 1.165) is 12.8 Å². The van der Waals surface area contributed by atoms with Gasteiger partial charge < -0.3 is 5.73 Å². The first-order chi connectivity index (χ1) is 6.52. The van der Waals surface area contributed by atoms with Crippen molar-refractivity contribution in [2.45, 2.75) is 58.2 Å². The Hall–Kier alpha value is -0.610. The lowest BCUT2D eigenvalue weighted by molar-refractivity contribution is -0.130. The van der Waals surface area contributed by atoms with Crippen LogP contribution in [0.15, 0.2) is 0 Å². The molecule has 14 heavy (non-hydrogen) atoms. The van der Waals surface area contributed by atoms with Gasteiger partial charge in [0.05, 0.1) is 6.04 Å².